The third-order valence-electron chi connectivity index (χ3n) is 2.28. The Labute approximate surface area is 118 Å². The number of halogens is 2. The summed E-state index contributed by atoms with van der Waals surface area (Å²) in [5.74, 6) is 0.363. The fraction of sp³-hybridized carbons (Fsp3) is 0.250. The van der Waals surface area contributed by atoms with E-state index in [9.17, 15) is 4.39 Å². The van der Waals surface area contributed by atoms with Crippen LogP contribution in [-0.4, -0.2) is 30.1 Å². The average molecular weight is 362 g/mol. The van der Waals surface area contributed by atoms with Crippen LogP contribution in [0.15, 0.2) is 30.5 Å². The van der Waals surface area contributed by atoms with Crippen LogP contribution in [0.2, 0.25) is 0 Å². The molecule has 0 unspecified atom stereocenters. The highest BCUT2D eigenvalue weighted by atomic mass is 127. The van der Waals surface area contributed by atoms with Crippen molar-refractivity contribution < 1.29 is 13.9 Å². The van der Waals surface area contributed by atoms with Crippen molar-refractivity contribution in [3.63, 3.8) is 0 Å². The van der Waals surface area contributed by atoms with Gasteiger partial charge in [0.2, 0.25) is 5.88 Å². The van der Waals surface area contributed by atoms with Gasteiger partial charge in [0.15, 0.2) is 0 Å². The predicted octanol–water partition coefficient (Wildman–Crippen LogP) is 2.64. The first-order valence-electron chi connectivity index (χ1n) is 5.33. The minimum Gasteiger partial charge on any atom is -0.474 e. The van der Waals surface area contributed by atoms with Gasteiger partial charge in [0.05, 0.1) is 22.1 Å². The van der Waals surface area contributed by atoms with E-state index in [-0.39, 0.29) is 5.82 Å². The van der Waals surface area contributed by atoms with Crippen LogP contribution in [0, 0.1) is 9.39 Å². The SMILES string of the molecule is COCCOc1c(I)cnn1-c1ccc(F)cc1. The molecule has 0 saturated heterocycles. The number of hydrogen-bond donors (Lipinski definition) is 0. The van der Waals surface area contributed by atoms with E-state index in [0.717, 1.165) is 9.26 Å². The van der Waals surface area contributed by atoms with E-state index in [1.54, 1.807) is 30.1 Å². The molecule has 2 aromatic rings. The summed E-state index contributed by atoms with van der Waals surface area (Å²) in [5, 5.41) is 4.22. The van der Waals surface area contributed by atoms with Gasteiger partial charge in [-0.05, 0) is 46.9 Å². The number of ether oxygens (including phenoxy) is 2. The summed E-state index contributed by atoms with van der Waals surface area (Å²) in [6.07, 6.45) is 1.70. The molecule has 0 aliphatic heterocycles. The number of hydrogen-bond acceptors (Lipinski definition) is 3. The maximum Gasteiger partial charge on any atom is 0.230 e. The Morgan fingerprint density at radius 1 is 1.28 bits per heavy atom. The molecule has 4 nitrogen and oxygen atoms in total. The predicted molar refractivity (Wildman–Crippen MR) is 73.6 cm³/mol. The van der Waals surface area contributed by atoms with Gasteiger partial charge in [0, 0.05) is 7.11 Å². The van der Waals surface area contributed by atoms with E-state index in [0.29, 0.717) is 19.1 Å². The zero-order valence-electron chi connectivity index (χ0n) is 9.77. The molecule has 18 heavy (non-hydrogen) atoms. The van der Waals surface area contributed by atoms with Crippen molar-refractivity contribution in [3.05, 3.63) is 39.8 Å². The Morgan fingerprint density at radius 2 is 2.00 bits per heavy atom. The molecule has 0 radical (unpaired) electrons. The van der Waals surface area contributed by atoms with Gasteiger partial charge in [-0.15, -0.1) is 0 Å². The number of rotatable bonds is 5. The number of aromatic nitrogens is 2. The highest BCUT2D eigenvalue weighted by Crippen LogP contribution is 2.24. The fourth-order valence-corrected chi connectivity index (χ4v) is 1.94. The normalized spacial score (nSPS) is 10.6. The second-order valence-electron chi connectivity index (χ2n) is 3.53. The van der Waals surface area contributed by atoms with Crippen LogP contribution < -0.4 is 4.74 Å². The molecule has 1 aromatic carbocycles. The van der Waals surface area contributed by atoms with E-state index >= 15 is 0 Å². The van der Waals surface area contributed by atoms with E-state index in [4.69, 9.17) is 9.47 Å². The number of methoxy groups -OCH3 is 1. The summed E-state index contributed by atoms with van der Waals surface area (Å²) in [6, 6.07) is 6.09. The van der Waals surface area contributed by atoms with Crippen molar-refractivity contribution in [2.24, 2.45) is 0 Å². The van der Waals surface area contributed by atoms with Crippen LogP contribution in [0.1, 0.15) is 0 Å². The molecule has 0 atom stereocenters. The zero-order valence-corrected chi connectivity index (χ0v) is 11.9. The molecule has 6 heteroatoms. The Balaban J connectivity index is 2.24. The molecule has 0 spiro atoms. The third-order valence-corrected chi connectivity index (χ3v) is 3.02. The van der Waals surface area contributed by atoms with Gasteiger partial charge in [-0.1, -0.05) is 0 Å². The Hall–Kier alpha value is -1.15. The molecule has 0 aliphatic carbocycles. The van der Waals surface area contributed by atoms with Crippen LogP contribution in [0.4, 0.5) is 4.39 Å². The Bertz CT molecular complexity index is 513. The summed E-state index contributed by atoms with van der Waals surface area (Å²) < 4.78 is 26.0. The zero-order chi connectivity index (χ0) is 13.0. The lowest BCUT2D eigenvalue weighted by molar-refractivity contribution is 0.141. The van der Waals surface area contributed by atoms with Crippen molar-refractivity contribution >= 4 is 22.6 Å². The Morgan fingerprint density at radius 3 is 2.67 bits per heavy atom. The Kier molecular flexibility index (Phi) is 4.54. The van der Waals surface area contributed by atoms with Crippen molar-refractivity contribution in [2.75, 3.05) is 20.3 Å². The fourth-order valence-electron chi connectivity index (χ4n) is 1.44. The molecule has 1 heterocycles. The standard InChI is InChI=1S/C12H12FIN2O2/c1-17-6-7-18-12-11(14)8-15-16(12)10-4-2-9(13)3-5-10/h2-5,8H,6-7H2,1H3. The number of benzene rings is 1. The largest absolute Gasteiger partial charge is 0.474 e. The summed E-state index contributed by atoms with van der Waals surface area (Å²) >= 11 is 2.14. The molecule has 0 saturated carbocycles. The minimum atomic E-state index is -0.276. The van der Waals surface area contributed by atoms with Gasteiger partial charge in [-0.2, -0.15) is 5.10 Å². The minimum absolute atomic E-state index is 0.276. The third kappa shape index (κ3) is 2.99. The summed E-state index contributed by atoms with van der Waals surface area (Å²) in [6.45, 7) is 0.948. The monoisotopic (exact) mass is 362 g/mol. The lowest BCUT2D eigenvalue weighted by Crippen LogP contribution is -2.09. The average Bonchev–Trinajstić information content (AvgIpc) is 2.73. The lowest BCUT2D eigenvalue weighted by Gasteiger charge is -2.09. The highest BCUT2D eigenvalue weighted by molar-refractivity contribution is 14.1. The van der Waals surface area contributed by atoms with Crippen molar-refractivity contribution in [1.82, 2.24) is 9.78 Å². The first kappa shape index (κ1) is 13.3. The molecular formula is C12H12FIN2O2. The molecule has 0 N–H and O–H groups in total. The van der Waals surface area contributed by atoms with E-state index in [1.807, 2.05) is 0 Å². The summed E-state index contributed by atoms with van der Waals surface area (Å²) in [4.78, 5) is 0. The van der Waals surface area contributed by atoms with Crippen LogP contribution in [0.5, 0.6) is 5.88 Å². The molecule has 0 aliphatic rings. The quantitative estimate of drug-likeness (QED) is 0.606. The van der Waals surface area contributed by atoms with Crippen LogP contribution in [0.3, 0.4) is 0 Å². The second-order valence-corrected chi connectivity index (χ2v) is 4.69. The molecule has 0 fully saturated rings. The molecule has 0 bridgehead atoms. The summed E-state index contributed by atoms with van der Waals surface area (Å²) in [5.41, 5.74) is 0.756. The lowest BCUT2D eigenvalue weighted by atomic mass is 10.3. The van der Waals surface area contributed by atoms with E-state index < -0.39 is 0 Å². The maximum absolute atomic E-state index is 12.9. The topological polar surface area (TPSA) is 36.3 Å². The van der Waals surface area contributed by atoms with Gasteiger partial charge in [-0.25, -0.2) is 9.07 Å². The number of nitrogens with zero attached hydrogens (tertiary/aromatic N) is 2. The van der Waals surface area contributed by atoms with Gasteiger partial charge >= 0.3 is 0 Å². The van der Waals surface area contributed by atoms with E-state index in [1.165, 1.54) is 12.1 Å². The molecule has 96 valence electrons. The summed E-state index contributed by atoms with van der Waals surface area (Å²) in [7, 11) is 1.62. The van der Waals surface area contributed by atoms with Gasteiger partial charge < -0.3 is 9.47 Å². The highest BCUT2D eigenvalue weighted by Gasteiger charge is 2.11. The van der Waals surface area contributed by atoms with Gasteiger partial charge in [0.25, 0.3) is 0 Å². The van der Waals surface area contributed by atoms with Crippen LogP contribution >= 0.6 is 22.6 Å². The molecule has 1 aromatic heterocycles. The first-order valence-corrected chi connectivity index (χ1v) is 6.41. The second kappa shape index (κ2) is 6.14. The molecule has 0 amide bonds. The van der Waals surface area contributed by atoms with Gasteiger partial charge in [0.1, 0.15) is 12.4 Å². The van der Waals surface area contributed by atoms with Crippen LogP contribution in [0.25, 0.3) is 5.69 Å². The van der Waals surface area contributed by atoms with Crippen molar-refractivity contribution in [2.45, 2.75) is 0 Å². The van der Waals surface area contributed by atoms with Gasteiger partial charge in [-0.3, -0.25) is 0 Å². The molecular weight excluding hydrogens is 350 g/mol. The van der Waals surface area contributed by atoms with Crippen LogP contribution in [-0.2, 0) is 4.74 Å². The van der Waals surface area contributed by atoms with Crippen molar-refractivity contribution in [1.29, 1.82) is 0 Å². The first-order chi connectivity index (χ1) is 8.72. The van der Waals surface area contributed by atoms with Crippen molar-refractivity contribution in [3.8, 4) is 11.6 Å². The maximum atomic E-state index is 12.9. The smallest absolute Gasteiger partial charge is 0.230 e. The van der Waals surface area contributed by atoms with E-state index in [2.05, 4.69) is 27.7 Å². The molecule has 2 rings (SSSR count).